The summed E-state index contributed by atoms with van der Waals surface area (Å²) in [7, 11) is 0. The Morgan fingerprint density at radius 2 is 2.29 bits per heavy atom. The number of ether oxygens (including phenoxy) is 1. The lowest BCUT2D eigenvalue weighted by atomic mass is 10.3. The molecule has 0 radical (unpaired) electrons. The third kappa shape index (κ3) is 2.25. The lowest BCUT2D eigenvalue weighted by Crippen LogP contribution is -2.24. The molecule has 0 saturated carbocycles. The maximum Gasteiger partial charge on any atom is 0.327 e. The van der Waals surface area contributed by atoms with Gasteiger partial charge in [0.15, 0.2) is 0 Å². The Morgan fingerprint density at radius 1 is 1.57 bits per heavy atom. The van der Waals surface area contributed by atoms with Crippen molar-refractivity contribution in [2.24, 2.45) is 0 Å². The first kappa shape index (κ1) is 10.6. The number of esters is 1. The zero-order valence-electron chi connectivity index (χ0n) is 8.37. The van der Waals surface area contributed by atoms with Crippen molar-refractivity contribution in [2.75, 3.05) is 6.61 Å². The molecule has 78 valence electrons. The number of hydrogen-bond donors (Lipinski definition) is 1. The van der Waals surface area contributed by atoms with Gasteiger partial charge in [0.05, 0.1) is 6.61 Å². The smallest absolute Gasteiger partial charge is 0.327 e. The predicted molar refractivity (Wildman–Crippen MR) is 51.1 cm³/mol. The molecule has 0 atom stereocenters. The summed E-state index contributed by atoms with van der Waals surface area (Å²) in [5, 5.41) is 2.72. The molecule has 1 aromatic rings. The number of rotatable bonds is 4. The first-order valence-electron chi connectivity index (χ1n) is 4.61. The van der Waals surface area contributed by atoms with E-state index in [1.165, 1.54) is 4.68 Å². The Kier molecular flexibility index (Phi) is 3.50. The number of H-pyrrole nitrogens is 1. The van der Waals surface area contributed by atoms with Crippen molar-refractivity contribution in [2.45, 2.75) is 26.8 Å². The maximum atomic E-state index is 11.5. The monoisotopic (exact) mass is 198 g/mol. The highest BCUT2D eigenvalue weighted by molar-refractivity contribution is 5.68. The standard InChI is InChI=1S/C9H14N2O3/c1-3-7-5-10-11(9(7)13)6-8(12)14-4-2/h5,10H,3-4,6H2,1-2H3. The van der Waals surface area contributed by atoms with E-state index < -0.39 is 5.97 Å². The van der Waals surface area contributed by atoms with Crippen molar-refractivity contribution in [3.63, 3.8) is 0 Å². The van der Waals surface area contributed by atoms with Crippen LogP contribution in [0.4, 0.5) is 0 Å². The van der Waals surface area contributed by atoms with Crippen molar-refractivity contribution in [1.29, 1.82) is 0 Å². The lowest BCUT2D eigenvalue weighted by molar-refractivity contribution is -0.144. The number of carbonyl (C=O) groups excluding carboxylic acids is 1. The first-order chi connectivity index (χ1) is 6.69. The number of carbonyl (C=O) groups is 1. The van der Waals surface area contributed by atoms with Gasteiger partial charge in [-0.15, -0.1) is 0 Å². The van der Waals surface area contributed by atoms with Gasteiger partial charge in [-0.25, -0.2) is 4.68 Å². The SMILES string of the molecule is CCOC(=O)Cn1[nH]cc(CC)c1=O. The number of nitrogens with one attached hydrogen (secondary N) is 1. The maximum absolute atomic E-state index is 11.5. The molecule has 1 N–H and O–H groups in total. The summed E-state index contributed by atoms with van der Waals surface area (Å²) in [6.45, 7) is 3.90. The molecule has 0 unspecified atom stereocenters. The molecule has 0 amide bonds. The first-order valence-corrected chi connectivity index (χ1v) is 4.61. The van der Waals surface area contributed by atoms with E-state index in [4.69, 9.17) is 4.74 Å². The van der Waals surface area contributed by atoms with Crippen LogP contribution in [-0.2, 0) is 22.5 Å². The van der Waals surface area contributed by atoms with Gasteiger partial charge in [0.2, 0.25) is 0 Å². The second-order valence-corrected chi connectivity index (χ2v) is 2.85. The summed E-state index contributed by atoms with van der Waals surface area (Å²) in [5.41, 5.74) is 0.523. The van der Waals surface area contributed by atoms with Crippen molar-refractivity contribution < 1.29 is 9.53 Å². The highest BCUT2D eigenvalue weighted by Crippen LogP contribution is 1.91. The molecular weight excluding hydrogens is 184 g/mol. The fourth-order valence-electron chi connectivity index (χ4n) is 1.16. The fourth-order valence-corrected chi connectivity index (χ4v) is 1.16. The van der Waals surface area contributed by atoms with Crippen LogP contribution in [0.3, 0.4) is 0 Å². The second kappa shape index (κ2) is 4.64. The summed E-state index contributed by atoms with van der Waals surface area (Å²) >= 11 is 0. The van der Waals surface area contributed by atoms with Crippen LogP contribution in [-0.4, -0.2) is 22.4 Å². The van der Waals surface area contributed by atoms with Gasteiger partial charge in [-0.2, -0.15) is 0 Å². The number of aryl methyl sites for hydroxylation is 1. The molecule has 0 aromatic carbocycles. The number of hydrogen-bond acceptors (Lipinski definition) is 3. The number of nitrogens with zero attached hydrogens (tertiary/aromatic N) is 1. The van der Waals surface area contributed by atoms with Gasteiger partial charge in [0.1, 0.15) is 6.54 Å². The van der Waals surface area contributed by atoms with Crippen LogP contribution in [0, 0.1) is 0 Å². The highest BCUT2D eigenvalue weighted by atomic mass is 16.5. The molecule has 0 bridgehead atoms. The van der Waals surface area contributed by atoms with Crippen LogP contribution in [0.25, 0.3) is 0 Å². The third-order valence-corrected chi connectivity index (χ3v) is 1.89. The van der Waals surface area contributed by atoms with Gasteiger partial charge in [-0.1, -0.05) is 6.92 Å². The van der Waals surface area contributed by atoms with E-state index in [0.29, 0.717) is 18.6 Å². The van der Waals surface area contributed by atoms with Crippen LogP contribution < -0.4 is 5.56 Å². The van der Waals surface area contributed by atoms with Crippen molar-refractivity contribution in [1.82, 2.24) is 9.78 Å². The number of aromatic amines is 1. The average molecular weight is 198 g/mol. The van der Waals surface area contributed by atoms with E-state index in [9.17, 15) is 9.59 Å². The summed E-state index contributed by atoms with van der Waals surface area (Å²) in [5.74, 6) is -0.404. The van der Waals surface area contributed by atoms with Crippen LogP contribution in [0.15, 0.2) is 11.0 Å². The highest BCUT2D eigenvalue weighted by Gasteiger charge is 2.08. The van der Waals surface area contributed by atoms with E-state index in [1.807, 2.05) is 6.92 Å². The van der Waals surface area contributed by atoms with Gasteiger partial charge < -0.3 is 9.84 Å². The predicted octanol–water partition coefficient (Wildman–Crippen LogP) is 0.302. The molecule has 5 nitrogen and oxygen atoms in total. The number of aromatic nitrogens is 2. The van der Waals surface area contributed by atoms with E-state index in [-0.39, 0.29) is 12.1 Å². The molecule has 0 saturated heterocycles. The molecule has 1 heterocycles. The van der Waals surface area contributed by atoms with Crippen LogP contribution in [0.5, 0.6) is 0 Å². The van der Waals surface area contributed by atoms with Crippen LogP contribution in [0.1, 0.15) is 19.4 Å². The summed E-state index contributed by atoms with van der Waals surface area (Å²) in [6, 6.07) is 0. The summed E-state index contributed by atoms with van der Waals surface area (Å²) in [6.07, 6.45) is 2.27. The zero-order valence-corrected chi connectivity index (χ0v) is 8.37. The Bertz CT molecular complexity index is 364. The Hall–Kier alpha value is -1.52. The largest absolute Gasteiger partial charge is 0.465 e. The minimum absolute atomic E-state index is 0.0489. The Morgan fingerprint density at radius 3 is 2.79 bits per heavy atom. The zero-order chi connectivity index (χ0) is 10.6. The third-order valence-electron chi connectivity index (χ3n) is 1.89. The Labute approximate surface area is 81.7 Å². The minimum atomic E-state index is -0.404. The quantitative estimate of drug-likeness (QED) is 0.708. The topological polar surface area (TPSA) is 64.1 Å². The molecule has 0 aliphatic rings. The summed E-state index contributed by atoms with van der Waals surface area (Å²) < 4.78 is 5.97. The summed E-state index contributed by atoms with van der Waals surface area (Å²) in [4.78, 5) is 22.5. The van der Waals surface area contributed by atoms with Crippen LogP contribution >= 0.6 is 0 Å². The van der Waals surface area contributed by atoms with Gasteiger partial charge in [-0.05, 0) is 13.3 Å². The van der Waals surface area contributed by atoms with Crippen molar-refractivity contribution in [3.8, 4) is 0 Å². The van der Waals surface area contributed by atoms with Crippen LogP contribution in [0.2, 0.25) is 0 Å². The van der Waals surface area contributed by atoms with E-state index in [1.54, 1.807) is 13.1 Å². The molecule has 0 fully saturated rings. The molecule has 14 heavy (non-hydrogen) atoms. The molecule has 5 heteroatoms. The molecule has 1 aromatic heterocycles. The van der Waals surface area contributed by atoms with Gasteiger partial charge in [-0.3, -0.25) is 9.59 Å². The van der Waals surface area contributed by atoms with Crippen molar-refractivity contribution in [3.05, 3.63) is 22.1 Å². The van der Waals surface area contributed by atoms with Gasteiger partial charge >= 0.3 is 5.97 Å². The molecular formula is C9H14N2O3. The second-order valence-electron chi connectivity index (χ2n) is 2.85. The van der Waals surface area contributed by atoms with Crippen molar-refractivity contribution >= 4 is 5.97 Å². The van der Waals surface area contributed by atoms with Gasteiger partial charge in [0, 0.05) is 11.8 Å². The fraction of sp³-hybridized carbons (Fsp3) is 0.556. The normalized spacial score (nSPS) is 10.1. The average Bonchev–Trinajstić information content (AvgIpc) is 2.48. The lowest BCUT2D eigenvalue weighted by Gasteiger charge is -2.00. The van der Waals surface area contributed by atoms with Gasteiger partial charge in [0.25, 0.3) is 5.56 Å². The molecule has 1 rings (SSSR count). The van der Waals surface area contributed by atoms with E-state index in [2.05, 4.69) is 5.10 Å². The Balaban J connectivity index is 2.72. The minimum Gasteiger partial charge on any atom is -0.465 e. The van der Waals surface area contributed by atoms with E-state index in [0.717, 1.165) is 0 Å². The molecule has 0 aliphatic heterocycles. The molecule has 0 aliphatic carbocycles. The van der Waals surface area contributed by atoms with E-state index >= 15 is 0 Å². The molecule has 0 spiro atoms.